The predicted molar refractivity (Wildman–Crippen MR) is 75.9 cm³/mol. The first-order valence-electron chi connectivity index (χ1n) is 7.39. The number of likely N-dealkylation sites (tertiary alicyclic amines) is 1. The number of benzene rings is 1. The van der Waals surface area contributed by atoms with E-state index in [2.05, 4.69) is 6.92 Å². The van der Waals surface area contributed by atoms with Gasteiger partial charge in [-0.25, -0.2) is 0 Å². The Bertz CT molecular complexity index is 500. The largest absolute Gasteiger partial charge is 0.454 e. The molecule has 4 nitrogen and oxygen atoms in total. The molecule has 4 heteroatoms. The average Bonchev–Trinajstić information content (AvgIpc) is 2.93. The molecular weight excluding hydrogens is 254 g/mol. The number of rotatable bonds is 3. The van der Waals surface area contributed by atoms with Gasteiger partial charge >= 0.3 is 0 Å². The van der Waals surface area contributed by atoms with Crippen LogP contribution in [0.25, 0.3) is 0 Å². The Hall–Kier alpha value is -1.71. The molecule has 0 saturated carbocycles. The predicted octanol–water partition coefficient (Wildman–Crippen LogP) is 2.61. The highest BCUT2D eigenvalue weighted by Crippen LogP contribution is 2.35. The van der Waals surface area contributed by atoms with Crippen LogP contribution in [0.3, 0.4) is 0 Å². The van der Waals surface area contributed by atoms with Crippen LogP contribution in [0.15, 0.2) is 18.2 Å². The first kappa shape index (κ1) is 13.3. The summed E-state index contributed by atoms with van der Waals surface area (Å²) in [5.74, 6) is 2.49. The lowest BCUT2D eigenvalue weighted by Gasteiger charge is -2.31. The lowest BCUT2D eigenvalue weighted by Crippen LogP contribution is -2.39. The van der Waals surface area contributed by atoms with Crippen LogP contribution in [0.5, 0.6) is 11.5 Å². The van der Waals surface area contributed by atoms with Crippen molar-refractivity contribution in [3.8, 4) is 11.5 Å². The first-order chi connectivity index (χ1) is 9.74. The zero-order valence-electron chi connectivity index (χ0n) is 11.9. The summed E-state index contributed by atoms with van der Waals surface area (Å²) in [7, 11) is 0. The summed E-state index contributed by atoms with van der Waals surface area (Å²) >= 11 is 0. The number of hydrogen-bond donors (Lipinski definition) is 0. The van der Waals surface area contributed by atoms with Crippen molar-refractivity contribution >= 4 is 5.91 Å². The van der Waals surface area contributed by atoms with Crippen molar-refractivity contribution in [2.24, 2.45) is 5.92 Å². The Kier molecular flexibility index (Phi) is 3.81. The van der Waals surface area contributed by atoms with Crippen molar-refractivity contribution in [2.75, 3.05) is 19.9 Å². The third kappa shape index (κ3) is 2.74. The summed E-state index contributed by atoms with van der Waals surface area (Å²) in [4.78, 5) is 14.3. The highest BCUT2D eigenvalue weighted by Gasteiger charge is 2.22. The van der Waals surface area contributed by atoms with Gasteiger partial charge in [-0.05, 0) is 36.8 Å². The molecule has 1 unspecified atom stereocenters. The van der Waals surface area contributed by atoms with Gasteiger partial charge in [0.25, 0.3) is 0 Å². The van der Waals surface area contributed by atoms with Crippen molar-refractivity contribution in [1.82, 2.24) is 4.90 Å². The normalized spacial score (nSPS) is 21.1. The van der Waals surface area contributed by atoms with Crippen LogP contribution in [-0.2, 0) is 11.2 Å². The molecule has 2 aliphatic heterocycles. The molecule has 0 bridgehead atoms. The molecule has 0 spiro atoms. The van der Waals surface area contributed by atoms with Gasteiger partial charge < -0.3 is 14.4 Å². The maximum Gasteiger partial charge on any atom is 0.231 e. The SMILES string of the molecule is CC1CCCN(C(=O)CCc2cccc3c2OCO3)C1. The van der Waals surface area contributed by atoms with Crippen LogP contribution in [0.1, 0.15) is 31.7 Å². The maximum absolute atomic E-state index is 12.3. The fraction of sp³-hybridized carbons (Fsp3) is 0.562. The van der Waals surface area contributed by atoms with Crippen molar-refractivity contribution in [3.05, 3.63) is 23.8 Å². The summed E-state index contributed by atoms with van der Waals surface area (Å²) in [6.45, 7) is 4.32. The number of carbonyl (C=O) groups is 1. The molecule has 2 aliphatic rings. The number of piperidine rings is 1. The quantitative estimate of drug-likeness (QED) is 0.851. The molecule has 0 radical (unpaired) electrons. The molecule has 2 heterocycles. The Labute approximate surface area is 119 Å². The molecule has 108 valence electrons. The van der Waals surface area contributed by atoms with Crippen LogP contribution in [-0.4, -0.2) is 30.7 Å². The summed E-state index contributed by atoms with van der Waals surface area (Å²) < 4.78 is 10.8. The topological polar surface area (TPSA) is 38.8 Å². The second kappa shape index (κ2) is 5.73. The number of amides is 1. The summed E-state index contributed by atoms with van der Waals surface area (Å²) in [5.41, 5.74) is 1.07. The van der Waals surface area contributed by atoms with Crippen LogP contribution < -0.4 is 9.47 Å². The van der Waals surface area contributed by atoms with E-state index in [-0.39, 0.29) is 12.7 Å². The van der Waals surface area contributed by atoms with E-state index in [1.165, 1.54) is 6.42 Å². The fourth-order valence-corrected chi connectivity index (χ4v) is 3.00. The zero-order chi connectivity index (χ0) is 13.9. The number of nitrogens with zero attached hydrogens (tertiary/aromatic N) is 1. The Morgan fingerprint density at radius 1 is 1.40 bits per heavy atom. The molecule has 0 N–H and O–H groups in total. The molecule has 0 aromatic heterocycles. The molecule has 1 amide bonds. The second-order valence-corrected chi connectivity index (χ2v) is 5.74. The maximum atomic E-state index is 12.3. The van der Waals surface area contributed by atoms with Crippen molar-refractivity contribution in [1.29, 1.82) is 0 Å². The Balaban J connectivity index is 1.59. The fourth-order valence-electron chi connectivity index (χ4n) is 3.00. The highest BCUT2D eigenvalue weighted by molar-refractivity contribution is 5.76. The molecule has 20 heavy (non-hydrogen) atoms. The Morgan fingerprint density at radius 2 is 2.30 bits per heavy atom. The minimum Gasteiger partial charge on any atom is -0.454 e. The van der Waals surface area contributed by atoms with E-state index >= 15 is 0 Å². The minimum atomic E-state index is 0.257. The smallest absolute Gasteiger partial charge is 0.231 e. The van der Waals surface area contributed by atoms with Crippen molar-refractivity contribution < 1.29 is 14.3 Å². The van der Waals surface area contributed by atoms with Crippen LogP contribution in [0, 0.1) is 5.92 Å². The lowest BCUT2D eigenvalue weighted by molar-refractivity contribution is -0.132. The molecular formula is C16H21NO3. The van der Waals surface area contributed by atoms with Crippen LogP contribution in [0.4, 0.5) is 0 Å². The molecule has 1 saturated heterocycles. The summed E-state index contributed by atoms with van der Waals surface area (Å²) in [5, 5.41) is 0. The van der Waals surface area contributed by atoms with Gasteiger partial charge in [-0.2, -0.15) is 0 Å². The molecule has 1 aromatic rings. The number of hydrogen-bond acceptors (Lipinski definition) is 3. The van der Waals surface area contributed by atoms with Gasteiger partial charge in [-0.1, -0.05) is 19.1 Å². The second-order valence-electron chi connectivity index (χ2n) is 5.74. The van der Waals surface area contributed by atoms with E-state index in [9.17, 15) is 4.79 Å². The molecule has 3 rings (SSSR count). The number of carbonyl (C=O) groups excluding carboxylic acids is 1. The van der Waals surface area contributed by atoms with Gasteiger partial charge in [-0.15, -0.1) is 0 Å². The van der Waals surface area contributed by atoms with Gasteiger partial charge in [0.2, 0.25) is 12.7 Å². The van der Waals surface area contributed by atoms with E-state index in [0.29, 0.717) is 12.3 Å². The molecule has 1 fully saturated rings. The minimum absolute atomic E-state index is 0.257. The summed E-state index contributed by atoms with van der Waals surface area (Å²) in [6.07, 6.45) is 3.63. The molecule has 1 atom stereocenters. The third-order valence-corrected chi connectivity index (χ3v) is 4.10. The first-order valence-corrected chi connectivity index (χ1v) is 7.39. The van der Waals surface area contributed by atoms with Crippen LogP contribution in [0.2, 0.25) is 0 Å². The van der Waals surface area contributed by atoms with Crippen molar-refractivity contribution in [2.45, 2.75) is 32.6 Å². The standard InChI is InChI=1S/C16H21NO3/c1-12-4-3-9-17(10-12)15(18)8-7-13-5-2-6-14-16(13)20-11-19-14/h2,5-6,12H,3-4,7-11H2,1H3. The third-order valence-electron chi connectivity index (χ3n) is 4.10. The number of fused-ring (bicyclic) bond motifs is 1. The highest BCUT2D eigenvalue weighted by atomic mass is 16.7. The lowest BCUT2D eigenvalue weighted by atomic mass is 9.99. The van der Waals surface area contributed by atoms with E-state index in [4.69, 9.17) is 9.47 Å². The van der Waals surface area contributed by atoms with E-state index in [1.54, 1.807) is 0 Å². The van der Waals surface area contributed by atoms with Gasteiger partial charge in [0, 0.05) is 19.5 Å². The van der Waals surface area contributed by atoms with E-state index in [0.717, 1.165) is 43.0 Å². The van der Waals surface area contributed by atoms with Gasteiger partial charge in [0.15, 0.2) is 11.5 Å². The van der Waals surface area contributed by atoms with E-state index < -0.39 is 0 Å². The monoisotopic (exact) mass is 275 g/mol. The van der Waals surface area contributed by atoms with Crippen LogP contribution >= 0.6 is 0 Å². The summed E-state index contributed by atoms with van der Waals surface area (Å²) in [6, 6.07) is 5.87. The number of ether oxygens (including phenoxy) is 2. The number of para-hydroxylation sites is 1. The number of aryl methyl sites for hydroxylation is 1. The van der Waals surface area contributed by atoms with E-state index in [1.807, 2.05) is 23.1 Å². The molecule has 0 aliphatic carbocycles. The Morgan fingerprint density at radius 3 is 3.15 bits per heavy atom. The molecule has 1 aromatic carbocycles. The average molecular weight is 275 g/mol. The van der Waals surface area contributed by atoms with Gasteiger partial charge in [-0.3, -0.25) is 4.79 Å². The van der Waals surface area contributed by atoms with Gasteiger partial charge in [0.1, 0.15) is 0 Å². The van der Waals surface area contributed by atoms with Crippen molar-refractivity contribution in [3.63, 3.8) is 0 Å². The zero-order valence-corrected chi connectivity index (χ0v) is 11.9. The van der Waals surface area contributed by atoms with Gasteiger partial charge in [0.05, 0.1) is 0 Å².